The summed E-state index contributed by atoms with van der Waals surface area (Å²) in [5.41, 5.74) is 5.00. The predicted molar refractivity (Wildman–Crippen MR) is 147 cm³/mol. The fourth-order valence-electron chi connectivity index (χ4n) is 6.72. The highest BCUT2D eigenvalue weighted by Gasteiger charge is 2.63. The predicted octanol–water partition coefficient (Wildman–Crippen LogP) is 1.85. The van der Waals surface area contributed by atoms with Gasteiger partial charge in [-0.05, 0) is 81.3 Å². The number of aromatic hydroxyl groups is 1. The number of ketones is 2. The monoisotopic (exact) mass is 547 g/mol. The van der Waals surface area contributed by atoms with Crippen molar-refractivity contribution in [2.75, 3.05) is 28.2 Å². The summed E-state index contributed by atoms with van der Waals surface area (Å²) in [7, 11) is 7.14. The first-order valence-corrected chi connectivity index (χ1v) is 13.0. The molecule has 0 spiro atoms. The Morgan fingerprint density at radius 1 is 1.07 bits per heavy atom. The van der Waals surface area contributed by atoms with Gasteiger partial charge in [-0.25, -0.2) is 0 Å². The lowest BCUT2D eigenvalue weighted by Crippen LogP contribution is -2.63. The van der Waals surface area contributed by atoms with E-state index in [0.29, 0.717) is 12.1 Å². The van der Waals surface area contributed by atoms with Crippen LogP contribution in [0.4, 0.5) is 0 Å². The van der Waals surface area contributed by atoms with Gasteiger partial charge in [0.15, 0.2) is 11.4 Å². The molecule has 0 heterocycles. The van der Waals surface area contributed by atoms with E-state index in [1.807, 2.05) is 43.3 Å². The standard InChI is InChI=1S/C30H33N3O7/c1-32(2)13-14-6-5-7-15(10-14)17-8-9-20(34)22-18(17)11-16-12-19-24(33(3)4)26(36)23(29(31)39)28(38)30(19,40)27(37)21(16)25(22)35/h5-10,16,19,24,34,36-37,40H,11-13H2,1-4H3,(H2,31,39). The molecule has 0 bridgehead atoms. The molecule has 2 aromatic carbocycles. The van der Waals surface area contributed by atoms with Gasteiger partial charge < -0.3 is 31.1 Å². The molecule has 4 unspecified atom stereocenters. The first-order chi connectivity index (χ1) is 18.8. The highest BCUT2D eigenvalue weighted by atomic mass is 16.3. The molecule has 40 heavy (non-hydrogen) atoms. The lowest BCUT2D eigenvalue weighted by Gasteiger charge is -2.50. The smallest absolute Gasteiger partial charge is 0.255 e. The van der Waals surface area contributed by atoms with Gasteiger partial charge in [0.1, 0.15) is 22.8 Å². The van der Waals surface area contributed by atoms with Crippen molar-refractivity contribution in [3.63, 3.8) is 0 Å². The topological polar surface area (TPSA) is 165 Å². The number of nitrogens with zero attached hydrogens (tertiary/aromatic N) is 2. The average Bonchev–Trinajstić information content (AvgIpc) is 2.85. The van der Waals surface area contributed by atoms with Gasteiger partial charge in [-0.3, -0.25) is 19.3 Å². The summed E-state index contributed by atoms with van der Waals surface area (Å²) in [6.45, 7) is 0.709. The minimum atomic E-state index is -2.65. The van der Waals surface area contributed by atoms with Crippen molar-refractivity contribution in [1.29, 1.82) is 0 Å². The minimum Gasteiger partial charge on any atom is -0.510 e. The van der Waals surface area contributed by atoms with Crippen LogP contribution in [0.3, 0.4) is 0 Å². The molecule has 3 aliphatic rings. The van der Waals surface area contributed by atoms with Crippen LogP contribution >= 0.6 is 0 Å². The largest absolute Gasteiger partial charge is 0.510 e. The number of primary amides is 1. The van der Waals surface area contributed by atoms with Gasteiger partial charge in [0.05, 0.1) is 11.6 Å². The third-order valence-corrected chi connectivity index (χ3v) is 8.34. The number of carbonyl (C=O) groups excluding carboxylic acids is 3. The maximum absolute atomic E-state index is 13.9. The summed E-state index contributed by atoms with van der Waals surface area (Å²) in [6.07, 6.45) is 0.276. The molecule has 0 aromatic heterocycles. The number of aliphatic hydroxyl groups excluding tert-OH is 2. The number of rotatable bonds is 5. The molecule has 10 nitrogen and oxygen atoms in total. The molecule has 0 saturated carbocycles. The summed E-state index contributed by atoms with van der Waals surface area (Å²) < 4.78 is 0. The van der Waals surface area contributed by atoms with Crippen molar-refractivity contribution in [1.82, 2.24) is 9.80 Å². The summed E-state index contributed by atoms with van der Waals surface area (Å²) in [4.78, 5) is 43.0. The van der Waals surface area contributed by atoms with Crippen molar-refractivity contribution in [2.45, 2.75) is 31.0 Å². The number of phenolic OH excluding ortho intramolecular Hbond substituents is 1. The number of allylic oxidation sites excluding steroid dienone is 1. The number of phenols is 1. The third-order valence-electron chi connectivity index (χ3n) is 8.34. The van der Waals surface area contributed by atoms with Gasteiger partial charge in [0.25, 0.3) is 5.91 Å². The lowest BCUT2D eigenvalue weighted by atomic mass is 9.58. The second kappa shape index (κ2) is 9.58. The van der Waals surface area contributed by atoms with Gasteiger partial charge in [-0.15, -0.1) is 0 Å². The Labute approximate surface area is 231 Å². The molecular weight excluding hydrogens is 514 g/mol. The summed E-state index contributed by atoms with van der Waals surface area (Å²) in [5, 5.41) is 44.9. The molecule has 5 rings (SSSR count). The van der Waals surface area contributed by atoms with E-state index in [1.54, 1.807) is 20.2 Å². The molecule has 0 aliphatic heterocycles. The van der Waals surface area contributed by atoms with Crippen molar-refractivity contribution < 1.29 is 34.8 Å². The minimum absolute atomic E-state index is 0.00343. The normalized spacial score (nSPS) is 26.2. The number of likely N-dealkylation sites (N-methyl/N-ethyl adjacent to an activating group) is 1. The Morgan fingerprint density at radius 2 is 1.77 bits per heavy atom. The van der Waals surface area contributed by atoms with Crippen LogP contribution in [-0.2, 0) is 22.6 Å². The average molecular weight is 548 g/mol. The van der Waals surface area contributed by atoms with E-state index in [0.717, 1.165) is 16.7 Å². The van der Waals surface area contributed by atoms with Gasteiger partial charge in [0.2, 0.25) is 5.78 Å². The van der Waals surface area contributed by atoms with E-state index >= 15 is 0 Å². The second-order valence-corrected chi connectivity index (χ2v) is 11.4. The van der Waals surface area contributed by atoms with E-state index in [9.17, 15) is 34.8 Å². The number of benzene rings is 2. The number of carbonyl (C=O) groups is 3. The molecule has 6 N–H and O–H groups in total. The van der Waals surface area contributed by atoms with Crippen LogP contribution in [-0.4, -0.2) is 87.5 Å². The molecule has 1 amide bonds. The molecule has 0 radical (unpaired) electrons. The second-order valence-electron chi connectivity index (χ2n) is 11.4. The molecular formula is C30H33N3O7. The van der Waals surface area contributed by atoms with Crippen LogP contribution in [0.15, 0.2) is 59.1 Å². The number of fused-ring (bicyclic) bond motifs is 3. The van der Waals surface area contributed by atoms with Crippen LogP contribution < -0.4 is 5.73 Å². The Morgan fingerprint density at radius 3 is 2.40 bits per heavy atom. The maximum atomic E-state index is 13.9. The van der Waals surface area contributed by atoms with Crippen molar-refractivity contribution in [3.05, 3.63) is 75.8 Å². The molecule has 10 heteroatoms. The Bertz CT molecular complexity index is 1520. The van der Waals surface area contributed by atoms with Gasteiger partial charge in [0, 0.05) is 18.0 Å². The van der Waals surface area contributed by atoms with E-state index in [4.69, 9.17) is 5.73 Å². The van der Waals surface area contributed by atoms with E-state index < -0.39 is 58.0 Å². The Hall–Kier alpha value is -3.99. The quantitative estimate of drug-likeness (QED) is 0.351. The van der Waals surface area contributed by atoms with Gasteiger partial charge in [-0.2, -0.15) is 0 Å². The molecule has 4 atom stereocenters. The highest BCUT2D eigenvalue weighted by Crippen LogP contribution is 2.53. The molecule has 0 fully saturated rings. The van der Waals surface area contributed by atoms with Crippen LogP contribution in [0, 0.1) is 11.8 Å². The number of amides is 1. The first kappa shape index (κ1) is 27.6. The number of hydrogen-bond acceptors (Lipinski definition) is 9. The first-order valence-electron chi connectivity index (χ1n) is 13.0. The fraction of sp³-hybridized carbons (Fsp3) is 0.367. The molecule has 3 aliphatic carbocycles. The van der Waals surface area contributed by atoms with Crippen LogP contribution in [0.5, 0.6) is 5.75 Å². The van der Waals surface area contributed by atoms with Crippen molar-refractivity contribution in [2.24, 2.45) is 17.6 Å². The van der Waals surface area contributed by atoms with Crippen LogP contribution in [0.25, 0.3) is 11.1 Å². The third kappa shape index (κ3) is 3.94. The zero-order chi connectivity index (χ0) is 29.3. The fourth-order valence-corrected chi connectivity index (χ4v) is 6.72. The van der Waals surface area contributed by atoms with Crippen molar-refractivity contribution in [3.8, 4) is 16.9 Å². The van der Waals surface area contributed by atoms with E-state index in [-0.39, 0.29) is 29.7 Å². The zero-order valence-corrected chi connectivity index (χ0v) is 22.8. The van der Waals surface area contributed by atoms with E-state index in [1.165, 1.54) is 11.0 Å². The molecule has 210 valence electrons. The zero-order valence-electron chi connectivity index (χ0n) is 22.8. The highest BCUT2D eigenvalue weighted by molar-refractivity contribution is 6.24. The maximum Gasteiger partial charge on any atom is 0.255 e. The number of nitrogens with two attached hydrogens (primary N) is 1. The summed E-state index contributed by atoms with van der Waals surface area (Å²) in [6, 6.07) is 10.0. The number of Topliss-reactive ketones (excluding diaryl/α,β-unsaturated/α-hetero) is 2. The van der Waals surface area contributed by atoms with Crippen molar-refractivity contribution >= 4 is 17.5 Å². The van der Waals surface area contributed by atoms with Crippen LogP contribution in [0.1, 0.15) is 27.9 Å². The van der Waals surface area contributed by atoms with Gasteiger partial charge >= 0.3 is 0 Å². The SMILES string of the molecule is CN(C)Cc1cccc(-c2ccc(O)c3c2CC2CC4C(N(C)C)C(O)=C(C(N)=O)C(=O)C4(O)C(O)=C2C3=O)c1. The van der Waals surface area contributed by atoms with Crippen LogP contribution in [0.2, 0.25) is 0 Å². The van der Waals surface area contributed by atoms with Gasteiger partial charge in [-0.1, -0.05) is 24.3 Å². The summed E-state index contributed by atoms with van der Waals surface area (Å²) in [5.74, 6) is -6.64. The summed E-state index contributed by atoms with van der Waals surface area (Å²) >= 11 is 0. The lowest BCUT2D eigenvalue weighted by molar-refractivity contribution is -0.148. The number of aliphatic hydroxyl groups is 3. The molecule has 0 saturated heterocycles. The Kier molecular flexibility index (Phi) is 6.60. The molecule has 2 aromatic rings. The Balaban J connectivity index is 1.69. The van der Waals surface area contributed by atoms with E-state index in [2.05, 4.69) is 0 Å². The number of hydrogen-bond donors (Lipinski definition) is 5.